The lowest BCUT2D eigenvalue weighted by Gasteiger charge is -2.35. The van der Waals surface area contributed by atoms with E-state index in [0.717, 1.165) is 31.6 Å². The fraction of sp³-hybridized carbons (Fsp3) is 0.500. The third kappa shape index (κ3) is 1.38. The summed E-state index contributed by atoms with van der Waals surface area (Å²) in [5, 5.41) is 3.52. The van der Waals surface area contributed by atoms with Crippen molar-refractivity contribution >= 4 is 0 Å². The number of benzene rings is 1. The van der Waals surface area contributed by atoms with Crippen LogP contribution in [0.2, 0.25) is 0 Å². The number of hydrogen-bond donors (Lipinski definition) is 1. The maximum absolute atomic E-state index is 13.1. The molecule has 0 amide bonds. The van der Waals surface area contributed by atoms with Crippen LogP contribution in [0.3, 0.4) is 0 Å². The molecule has 15 heavy (non-hydrogen) atoms. The van der Waals surface area contributed by atoms with E-state index in [0.29, 0.717) is 6.61 Å². The third-order valence-corrected chi connectivity index (χ3v) is 3.46. The summed E-state index contributed by atoms with van der Waals surface area (Å²) in [5.74, 6) is -0.137. The number of fused-ring (bicyclic) bond motifs is 2. The van der Waals surface area contributed by atoms with Crippen LogP contribution in [0.4, 0.5) is 4.39 Å². The molecule has 1 saturated heterocycles. The maximum Gasteiger partial charge on any atom is 0.123 e. The van der Waals surface area contributed by atoms with Gasteiger partial charge >= 0.3 is 0 Å². The topological polar surface area (TPSA) is 21.3 Å². The van der Waals surface area contributed by atoms with Crippen molar-refractivity contribution < 1.29 is 9.13 Å². The normalized spacial score (nSPS) is 29.4. The van der Waals surface area contributed by atoms with Crippen LogP contribution in [0.25, 0.3) is 0 Å². The van der Waals surface area contributed by atoms with Crippen molar-refractivity contribution in [2.45, 2.75) is 18.4 Å². The number of nitrogens with one attached hydrogen (secondary N) is 1. The first-order valence-electron chi connectivity index (χ1n) is 5.42. The average Bonchev–Trinajstić information content (AvgIpc) is 2.58. The zero-order valence-electron chi connectivity index (χ0n) is 8.55. The highest BCUT2D eigenvalue weighted by Gasteiger charge is 2.40. The van der Waals surface area contributed by atoms with E-state index < -0.39 is 0 Å². The summed E-state index contributed by atoms with van der Waals surface area (Å²) in [4.78, 5) is 0. The molecule has 80 valence electrons. The van der Waals surface area contributed by atoms with Crippen LogP contribution in [-0.4, -0.2) is 19.8 Å². The van der Waals surface area contributed by atoms with E-state index in [9.17, 15) is 4.39 Å². The maximum atomic E-state index is 13.1. The molecular weight excluding hydrogens is 193 g/mol. The second-order valence-electron chi connectivity index (χ2n) is 4.36. The Morgan fingerprint density at radius 2 is 2.33 bits per heavy atom. The van der Waals surface area contributed by atoms with Gasteiger partial charge in [0.1, 0.15) is 5.82 Å². The summed E-state index contributed by atoms with van der Waals surface area (Å²) in [6.45, 7) is 2.38. The number of morpholine rings is 1. The second-order valence-corrected chi connectivity index (χ2v) is 4.36. The third-order valence-electron chi connectivity index (χ3n) is 3.46. The molecule has 0 bridgehead atoms. The van der Waals surface area contributed by atoms with Crippen molar-refractivity contribution in [3.05, 3.63) is 35.1 Å². The molecule has 1 atom stereocenters. The van der Waals surface area contributed by atoms with Gasteiger partial charge in [0, 0.05) is 6.54 Å². The summed E-state index contributed by atoms with van der Waals surface area (Å²) in [6, 6.07) is 5.10. The number of ether oxygens (including phenoxy) is 1. The van der Waals surface area contributed by atoms with Crippen molar-refractivity contribution in [1.29, 1.82) is 0 Å². The van der Waals surface area contributed by atoms with Gasteiger partial charge in [0.25, 0.3) is 0 Å². The lowest BCUT2D eigenvalue weighted by atomic mass is 9.92. The molecule has 1 spiro atoms. The Hall–Kier alpha value is -0.930. The molecule has 0 unspecified atom stereocenters. The van der Waals surface area contributed by atoms with Gasteiger partial charge in [-0.3, -0.25) is 0 Å². The summed E-state index contributed by atoms with van der Waals surface area (Å²) in [7, 11) is 0. The smallest absolute Gasteiger partial charge is 0.123 e. The summed E-state index contributed by atoms with van der Waals surface area (Å²) in [6.07, 6.45) is 1.97. The minimum absolute atomic E-state index is 0.0404. The molecule has 0 aromatic heterocycles. The fourth-order valence-corrected chi connectivity index (χ4v) is 2.71. The van der Waals surface area contributed by atoms with Crippen LogP contribution in [-0.2, 0) is 16.7 Å². The zero-order valence-corrected chi connectivity index (χ0v) is 8.55. The molecule has 1 aromatic rings. The van der Waals surface area contributed by atoms with Gasteiger partial charge in [-0.25, -0.2) is 4.39 Å². The van der Waals surface area contributed by atoms with Crippen molar-refractivity contribution in [2.75, 3.05) is 19.8 Å². The Bertz CT molecular complexity index is 385. The molecule has 0 saturated carbocycles. The standard InChI is InChI=1S/C12H14FNO/c13-10-1-2-11-9(7-10)3-4-12(11)8-15-6-5-14-12/h1-2,7,14H,3-6,8H2/t12-/m0/s1. The minimum atomic E-state index is -0.137. The molecule has 1 aliphatic heterocycles. The van der Waals surface area contributed by atoms with Gasteiger partial charge in [-0.2, -0.15) is 0 Å². The van der Waals surface area contributed by atoms with Crippen LogP contribution in [0.15, 0.2) is 18.2 Å². The van der Waals surface area contributed by atoms with Crippen LogP contribution in [0.5, 0.6) is 0 Å². The first-order valence-corrected chi connectivity index (χ1v) is 5.42. The first kappa shape index (κ1) is 9.31. The summed E-state index contributed by atoms with van der Waals surface area (Å²) < 4.78 is 18.6. The molecule has 3 heteroatoms. The predicted octanol–water partition coefficient (Wildman–Crippen LogP) is 1.59. The highest BCUT2D eigenvalue weighted by atomic mass is 19.1. The minimum Gasteiger partial charge on any atom is -0.378 e. The Labute approximate surface area is 88.4 Å². The molecule has 2 aliphatic rings. The molecule has 1 N–H and O–H groups in total. The number of hydrogen-bond acceptors (Lipinski definition) is 2. The van der Waals surface area contributed by atoms with Gasteiger partial charge in [0.15, 0.2) is 0 Å². The van der Waals surface area contributed by atoms with Crippen LogP contribution in [0.1, 0.15) is 17.5 Å². The van der Waals surface area contributed by atoms with E-state index in [4.69, 9.17) is 4.74 Å². The number of halogens is 1. The highest BCUT2D eigenvalue weighted by Crippen LogP contribution is 2.38. The summed E-state index contributed by atoms with van der Waals surface area (Å²) in [5.41, 5.74) is 2.32. The first-order chi connectivity index (χ1) is 7.30. The molecule has 2 nitrogen and oxygen atoms in total. The van der Waals surface area contributed by atoms with Gasteiger partial charge in [-0.1, -0.05) is 6.07 Å². The second kappa shape index (κ2) is 3.29. The quantitative estimate of drug-likeness (QED) is 0.697. The molecule has 3 rings (SSSR count). The van der Waals surface area contributed by atoms with Crippen molar-refractivity contribution in [1.82, 2.24) is 5.32 Å². The molecule has 1 aliphatic carbocycles. The predicted molar refractivity (Wildman–Crippen MR) is 55.2 cm³/mol. The van der Waals surface area contributed by atoms with E-state index in [-0.39, 0.29) is 11.4 Å². The average molecular weight is 207 g/mol. The van der Waals surface area contributed by atoms with Gasteiger partial charge < -0.3 is 10.1 Å². The van der Waals surface area contributed by atoms with Crippen LogP contribution in [0, 0.1) is 5.82 Å². The summed E-state index contributed by atoms with van der Waals surface area (Å²) >= 11 is 0. The van der Waals surface area contributed by atoms with Crippen molar-refractivity contribution in [3.63, 3.8) is 0 Å². The zero-order chi connectivity index (χ0) is 10.3. The van der Waals surface area contributed by atoms with E-state index >= 15 is 0 Å². The Kier molecular flexibility index (Phi) is 2.04. The van der Waals surface area contributed by atoms with Crippen molar-refractivity contribution in [3.8, 4) is 0 Å². The molecule has 1 fully saturated rings. The Morgan fingerprint density at radius 1 is 1.40 bits per heavy atom. The van der Waals surface area contributed by atoms with E-state index in [1.807, 2.05) is 6.07 Å². The van der Waals surface area contributed by atoms with E-state index in [1.54, 1.807) is 12.1 Å². The molecular formula is C12H14FNO. The fourth-order valence-electron chi connectivity index (χ4n) is 2.71. The molecule has 1 aromatic carbocycles. The van der Waals surface area contributed by atoms with E-state index in [2.05, 4.69) is 5.32 Å². The van der Waals surface area contributed by atoms with Gasteiger partial charge in [-0.15, -0.1) is 0 Å². The van der Waals surface area contributed by atoms with Crippen molar-refractivity contribution in [2.24, 2.45) is 0 Å². The van der Waals surface area contributed by atoms with Gasteiger partial charge in [0.05, 0.1) is 18.8 Å². The van der Waals surface area contributed by atoms with Gasteiger partial charge in [0.2, 0.25) is 0 Å². The largest absolute Gasteiger partial charge is 0.378 e. The monoisotopic (exact) mass is 207 g/mol. The SMILES string of the molecule is Fc1ccc2c(c1)CC[C@]21COCCN1. The van der Waals surface area contributed by atoms with Gasteiger partial charge in [-0.05, 0) is 36.1 Å². The number of rotatable bonds is 0. The lowest BCUT2D eigenvalue weighted by molar-refractivity contribution is 0.0260. The molecule has 1 heterocycles. The lowest BCUT2D eigenvalue weighted by Crippen LogP contribution is -2.50. The Balaban J connectivity index is 2.03. The van der Waals surface area contributed by atoms with Crippen LogP contribution >= 0.6 is 0 Å². The highest BCUT2D eigenvalue weighted by molar-refractivity contribution is 5.39. The molecule has 0 radical (unpaired) electrons. The van der Waals surface area contributed by atoms with Crippen LogP contribution < -0.4 is 5.32 Å². The number of aryl methyl sites for hydroxylation is 1. The van der Waals surface area contributed by atoms with E-state index in [1.165, 1.54) is 5.56 Å². The Morgan fingerprint density at radius 3 is 3.13 bits per heavy atom.